The molecular formula is C16H25N5O2. The number of likely N-dealkylation sites (tertiary alicyclic amines) is 1. The first-order valence-corrected chi connectivity index (χ1v) is 8.24. The molecule has 3 amide bonds. The second-order valence-electron chi connectivity index (χ2n) is 7.12. The van der Waals surface area contributed by atoms with E-state index in [1.54, 1.807) is 0 Å². The summed E-state index contributed by atoms with van der Waals surface area (Å²) in [6.07, 6.45) is 2.64. The van der Waals surface area contributed by atoms with Crippen molar-refractivity contribution >= 4 is 11.9 Å². The summed E-state index contributed by atoms with van der Waals surface area (Å²) in [6.45, 7) is 9.95. The standard InChI is InChI=1S/C16H25N5O2/c1-11(2)20-7-5-13(18-20)9-19-8-6-16(10-19)14(22)21(12(3)4)15(23)17-16/h5,7,11-12H,6,8-10H2,1-4H3,(H,17,23). The third kappa shape index (κ3) is 2.73. The number of nitrogens with zero attached hydrogens (tertiary/aromatic N) is 4. The Bertz CT molecular complexity index is 624. The van der Waals surface area contributed by atoms with Crippen molar-refractivity contribution in [2.75, 3.05) is 13.1 Å². The monoisotopic (exact) mass is 319 g/mol. The number of carbonyl (C=O) groups excluding carboxylic acids is 2. The number of amides is 3. The number of carbonyl (C=O) groups is 2. The van der Waals surface area contributed by atoms with Gasteiger partial charge in [-0.2, -0.15) is 5.10 Å². The Kier molecular flexibility index (Phi) is 3.91. The molecule has 3 rings (SSSR count). The first-order valence-electron chi connectivity index (χ1n) is 8.24. The molecule has 1 aromatic rings. The third-order valence-electron chi connectivity index (χ3n) is 4.64. The maximum Gasteiger partial charge on any atom is 0.325 e. The van der Waals surface area contributed by atoms with Gasteiger partial charge in [-0.3, -0.25) is 19.3 Å². The molecule has 23 heavy (non-hydrogen) atoms. The largest absolute Gasteiger partial charge is 0.325 e. The Labute approximate surface area is 136 Å². The van der Waals surface area contributed by atoms with E-state index >= 15 is 0 Å². The van der Waals surface area contributed by atoms with E-state index in [1.165, 1.54) is 4.90 Å². The quantitative estimate of drug-likeness (QED) is 0.851. The van der Waals surface area contributed by atoms with Gasteiger partial charge in [0.15, 0.2) is 0 Å². The lowest BCUT2D eigenvalue weighted by Crippen LogP contribution is -2.49. The number of nitrogens with one attached hydrogen (secondary N) is 1. The van der Waals surface area contributed by atoms with Gasteiger partial charge in [0.25, 0.3) is 5.91 Å². The van der Waals surface area contributed by atoms with Crippen LogP contribution in [0.4, 0.5) is 4.79 Å². The van der Waals surface area contributed by atoms with Crippen molar-refractivity contribution in [1.29, 1.82) is 0 Å². The minimum absolute atomic E-state index is 0.0901. The van der Waals surface area contributed by atoms with Crippen LogP contribution in [-0.4, -0.2) is 56.2 Å². The Morgan fingerprint density at radius 3 is 2.57 bits per heavy atom. The SMILES string of the molecule is CC(C)N1C(=O)NC2(CCN(Cc3ccn(C(C)C)n3)C2)C1=O. The molecule has 0 saturated carbocycles. The van der Waals surface area contributed by atoms with E-state index in [0.29, 0.717) is 25.6 Å². The predicted octanol–water partition coefficient (Wildman–Crippen LogP) is 1.37. The smallest absolute Gasteiger partial charge is 0.322 e. The van der Waals surface area contributed by atoms with Crippen LogP contribution in [0.15, 0.2) is 12.3 Å². The number of aromatic nitrogens is 2. The van der Waals surface area contributed by atoms with Crippen molar-refractivity contribution in [2.24, 2.45) is 0 Å². The van der Waals surface area contributed by atoms with Gasteiger partial charge < -0.3 is 5.32 Å². The average Bonchev–Trinajstić information content (AvgIpc) is 3.12. The van der Waals surface area contributed by atoms with Crippen molar-refractivity contribution in [2.45, 2.75) is 58.3 Å². The zero-order valence-corrected chi connectivity index (χ0v) is 14.2. The zero-order valence-electron chi connectivity index (χ0n) is 14.2. The van der Waals surface area contributed by atoms with Crippen molar-refractivity contribution in [3.8, 4) is 0 Å². The van der Waals surface area contributed by atoms with Crippen molar-refractivity contribution in [1.82, 2.24) is 24.9 Å². The van der Waals surface area contributed by atoms with Gasteiger partial charge in [0.05, 0.1) is 5.69 Å². The van der Waals surface area contributed by atoms with Crippen LogP contribution in [-0.2, 0) is 11.3 Å². The van der Waals surface area contributed by atoms with Crippen molar-refractivity contribution in [3.63, 3.8) is 0 Å². The summed E-state index contributed by atoms with van der Waals surface area (Å²) in [7, 11) is 0. The van der Waals surface area contributed by atoms with E-state index in [4.69, 9.17) is 0 Å². The van der Waals surface area contributed by atoms with E-state index in [9.17, 15) is 9.59 Å². The van der Waals surface area contributed by atoms with Crippen LogP contribution in [0.5, 0.6) is 0 Å². The molecule has 2 fully saturated rings. The van der Waals surface area contributed by atoms with Gasteiger partial charge in [-0.05, 0) is 40.2 Å². The van der Waals surface area contributed by atoms with Crippen LogP contribution in [0.2, 0.25) is 0 Å². The summed E-state index contributed by atoms with van der Waals surface area (Å²) in [5.74, 6) is -0.0901. The fourth-order valence-electron chi connectivity index (χ4n) is 3.39. The van der Waals surface area contributed by atoms with Crippen LogP contribution in [0.25, 0.3) is 0 Å². The molecule has 1 atom stereocenters. The molecule has 7 heteroatoms. The summed E-state index contributed by atoms with van der Waals surface area (Å²) in [4.78, 5) is 28.3. The molecule has 1 spiro atoms. The summed E-state index contributed by atoms with van der Waals surface area (Å²) < 4.78 is 1.93. The fraction of sp³-hybridized carbons (Fsp3) is 0.688. The molecule has 2 aliphatic rings. The van der Waals surface area contributed by atoms with Gasteiger partial charge in [0.1, 0.15) is 5.54 Å². The minimum Gasteiger partial charge on any atom is -0.322 e. The highest BCUT2D eigenvalue weighted by Gasteiger charge is 2.55. The van der Waals surface area contributed by atoms with Crippen LogP contribution in [0.3, 0.4) is 0 Å². The van der Waals surface area contributed by atoms with Crippen LogP contribution in [0.1, 0.15) is 45.9 Å². The van der Waals surface area contributed by atoms with Gasteiger partial charge in [-0.1, -0.05) is 0 Å². The summed E-state index contributed by atoms with van der Waals surface area (Å²) in [6, 6.07) is 1.97. The molecule has 1 N–H and O–H groups in total. The van der Waals surface area contributed by atoms with Crippen LogP contribution >= 0.6 is 0 Å². The fourth-order valence-corrected chi connectivity index (χ4v) is 3.39. The molecule has 2 saturated heterocycles. The van der Waals surface area contributed by atoms with Gasteiger partial charge >= 0.3 is 6.03 Å². The Morgan fingerprint density at radius 2 is 2.00 bits per heavy atom. The second kappa shape index (κ2) is 5.63. The topological polar surface area (TPSA) is 70.5 Å². The number of urea groups is 1. The van der Waals surface area contributed by atoms with Crippen molar-refractivity contribution in [3.05, 3.63) is 18.0 Å². The third-order valence-corrected chi connectivity index (χ3v) is 4.64. The summed E-state index contributed by atoms with van der Waals surface area (Å²) in [5, 5.41) is 7.48. The Hall–Kier alpha value is -1.89. The molecule has 2 aliphatic heterocycles. The molecule has 0 bridgehead atoms. The Morgan fingerprint density at radius 1 is 1.26 bits per heavy atom. The lowest BCUT2D eigenvalue weighted by Gasteiger charge is -2.23. The van der Waals surface area contributed by atoms with Crippen LogP contribution in [0, 0.1) is 0 Å². The average molecular weight is 319 g/mol. The zero-order chi connectivity index (χ0) is 16.8. The maximum atomic E-state index is 12.7. The number of imide groups is 1. The first kappa shape index (κ1) is 16.0. The molecule has 0 aromatic carbocycles. The molecule has 0 aliphatic carbocycles. The minimum atomic E-state index is -0.748. The van der Waals surface area contributed by atoms with E-state index < -0.39 is 5.54 Å². The Balaban J connectivity index is 1.68. The summed E-state index contributed by atoms with van der Waals surface area (Å²) >= 11 is 0. The molecule has 3 heterocycles. The second-order valence-corrected chi connectivity index (χ2v) is 7.12. The normalized spacial score (nSPS) is 25.4. The van der Waals surface area contributed by atoms with E-state index in [0.717, 1.165) is 12.2 Å². The molecule has 7 nitrogen and oxygen atoms in total. The summed E-state index contributed by atoms with van der Waals surface area (Å²) in [5.41, 5.74) is 0.246. The molecular weight excluding hydrogens is 294 g/mol. The lowest BCUT2D eigenvalue weighted by molar-refractivity contribution is -0.132. The number of hydrogen-bond acceptors (Lipinski definition) is 4. The van der Waals surface area contributed by atoms with Gasteiger partial charge in [-0.15, -0.1) is 0 Å². The molecule has 0 radical (unpaired) electrons. The maximum absolute atomic E-state index is 12.7. The lowest BCUT2D eigenvalue weighted by atomic mass is 9.98. The highest BCUT2D eigenvalue weighted by Crippen LogP contribution is 2.30. The van der Waals surface area contributed by atoms with E-state index in [-0.39, 0.29) is 18.0 Å². The number of rotatable bonds is 4. The van der Waals surface area contributed by atoms with Gasteiger partial charge in [0.2, 0.25) is 0 Å². The van der Waals surface area contributed by atoms with Crippen LogP contribution < -0.4 is 5.32 Å². The number of hydrogen-bond donors (Lipinski definition) is 1. The first-order chi connectivity index (χ1) is 10.8. The van der Waals surface area contributed by atoms with Gasteiger partial charge in [0, 0.05) is 37.9 Å². The van der Waals surface area contributed by atoms with E-state index in [2.05, 4.69) is 29.2 Å². The molecule has 126 valence electrons. The molecule has 1 unspecified atom stereocenters. The van der Waals surface area contributed by atoms with Crippen molar-refractivity contribution < 1.29 is 9.59 Å². The highest BCUT2D eigenvalue weighted by atomic mass is 16.2. The van der Waals surface area contributed by atoms with Gasteiger partial charge in [-0.25, -0.2) is 4.79 Å². The predicted molar refractivity (Wildman–Crippen MR) is 85.8 cm³/mol. The molecule has 1 aromatic heterocycles. The highest BCUT2D eigenvalue weighted by molar-refractivity contribution is 6.07. The van der Waals surface area contributed by atoms with E-state index in [1.807, 2.05) is 30.8 Å².